The van der Waals surface area contributed by atoms with Gasteiger partial charge in [0.2, 0.25) is 0 Å². The van der Waals surface area contributed by atoms with E-state index in [4.69, 9.17) is 7.16 Å². The first-order chi connectivity index (χ1) is 25.4. The summed E-state index contributed by atoms with van der Waals surface area (Å²) in [6.45, 7) is 0. The van der Waals surface area contributed by atoms with Crippen LogP contribution in [0, 0.1) is 0 Å². The summed E-state index contributed by atoms with van der Waals surface area (Å²) in [6, 6.07) is 46.2. The molecule has 0 bridgehead atoms. The van der Waals surface area contributed by atoms with Crippen molar-refractivity contribution in [1.29, 1.82) is 0 Å². The van der Waals surface area contributed by atoms with Crippen molar-refractivity contribution in [3.05, 3.63) is 170 Å². The van der Waals surface area contributed by atoms with Crippen molar-refractivity contribution < 1.29 is 11.3 Å². The van der Waals surface area contributed by atoms with Gasteiger partial charge in [-0.2, -0.15) is 0 Å². The summed E-state index contributed by atoms with van der Waals surface area (Å²) in [7, 11) is 0. The molecule has 0 unspecified atom stereocenters. The number of furan rings is 1. The normalized spacial score (nSPS) is 13.3. The van der Waals surface area contributed by atoms with Crippen molar-refractivity contribution >= 4 is 65.0 Å². The van der Waals surface area contributed by atoms with E-state index in [1.165, 1.54) is 0 Å². The van der Waals surface area contributed by atoms with Crippen LogP contribution in [0.3, 0.4) is 0 Å². The molecule has 1 heteroatoms. The van der Waals surface area contributed by atoms with Crippen molar-refractivity contribution in [2.75, 3.05) is 0 Å². The average molecular weight is 602 g/mol. The second-order valence-corrected chi connectivity index (χ2v) is 12.0. The molecular formula is C46H28O. The Bertz CT molecular complexity index is 3070. The summed E-state index contributed by atoms with van der Waals surface area (Å²) in [5.41, 5.74) is 6.42. The van der Waals surface area contributed by atoms with Gasteiger partial charge < -0.3 is 4.42 Å². The summed E-state index contributed by atoms with van der Waals surface area (Å²) in [5.74, 6) is 0. The summed E-state index contributed by atoms with van der Waals surface area (Å²) in [4.78, 5) is 0. The van der Waals surface area contributed by atoms with Gasteiger partial charge in [0, 0.05) is 16.2 Å². The molecule has 0 atom stereocenters. The Kier molecular flexibility index (Phi) is 4.66. The molecule has 0 fully saturated rings. The Morgan fingerprint density at radius 2 is 0.936 bits per heavy atom. The average Bonchev–Trinajstić information content (AvgIpc) is 3.56. The van der Waals surface area contributed by atoms with E-state index in [1.807, 2.05) is 78.9 Å². The third-order valence-corrected chi connectivity index (χ3v) is 9.43. The monoisotopic (exact) mass is 601 g/mol. The van der Waals surface area contributed by atoms with Gasteiger partial charge >= 0.3 is 0 Å². The Morgan fingerprint density at radius 3 is 1.62 bits per heavy atom. The Balaban J connectivity index is 1.43. The number of hydrogen-bond acceptors (Lipinski definition) is 1. The zero-order chi connectivity index (χ0) is 35.2. The lowest BCUT2D eigenvalue weighted by molar-refractivity contribution is 0.673. The van der Waals surface area contributed by atoms with Gasteiger partial charge in [0.15, 0.2) is 0 Å². The highest BCUT2D eigenvalue weighted by atomic mass is 16.3. The first-order valence-electron chi connectivity index (χ1n) is 18.3. The van der Waals surface area contributed by atoms with Crippen molar-refractivity contribution in [3.8, 4) is 33.4 Å². The lowest BCUT2D eigenvalue weighted by atomic mass is 9.82. The maximum absolute atomic E-state index is 10.1. The fourth-order valence-corrected chi connectivity index (χ4v) is 7.39. The fraction of sp³-hybridized carbons (Fsp3) is 0. The van der Waals surface area contributed by atoms with Crippen LogP contribution in [0.15, 0.2) is 174 Å². The molecule has 1 nitrogen and oxygen atoms in total. The molecule has 0 spiro atoms. The highest BCUT2D eigenvalue weighted by Gasteiger charge is 2.22. The van der Waals surface area contributed by atoms with Gasteiger partial charge in [-0.15, -0.1) is 0 Å². The van der Waals surface area contributed by atoms with Crippen LogP contribution in [0.5, 0.6) is 0 Å². The molecule has 0 radical (unpaired) electrons. The van der Waals surface area contributed by atoms with Crippen LogP contribution in [0.4, 0.5) is 0 Å². The lowest BCUT2D eigenvalue weighted by Crippen LogP contribution is -1.93. The molecule has 0 aliphatic heterocycles. The standard InChI is InChI=1S/C46H28O/c1-2-14-29(15-3-1)32-18-6-8-20-34(32)44-35-21-9-11-23-37(35)45(38-24-12-10-22-36(38)44)41-28-42-40-26-30-16-4-5-17-31(30)27-43(40)47-46(42)39-25-13-7-19-33(39)41/h1-28H/i7D,13D,19D,25D,28D. The highest BCUT2D eigenvalue weighted by molar-refractivity contribution is 6.27. The first kappa shape index (κ1) is 21.5. The highest BCUT2D eigenvalue weighted by Crippen LogP contribution is 2.49. The summed E-state index contributed by atoms with van der Waals surface area (Å²) in [5, 5.41) is 7.53. The third kappa shape index (κ3) is 3.90. The van der Waals surface area contributed by atoms with Crippen LogP contribution in [0.25, 0.3) is 98.4 Å². The van der Waals surface area contributed by atoms with Gasteiger partial charge in [-0.25, -0.2) is 0 Å². The summed E-state index contributed by atoms with van der Waals surface area (Å²) in [6.07, 6.45) is 0. The van der Waals surface area contributed by atoms with E-state index in [-0.39, 0.29) is 41.0 Å². The molecule has 0 aliphatic carbocycles. The maximum Gasteiger partial charge on any atom is 0.143 e. The number of rotatable bonds is 3. The van der Waals surface area contributed by atoms with Gasteiger partial charge in [-0.1, -0.05) is 152 Å². The Hall–Kier alpha value is -6.18. The summed E-state index contributed by atoms with van der Waals surface area (Å²) >= 11 is 0. The quantitative estimate of drug-likeness (QED) is 0.184. The van der Waals surface area contributed by atoms with Crippen LogP contribution in [0.2, 0.25) is 0 Å². The molecule has 9 aromatic carbocycles. The minimum Gasteiger partial charge on any atom is -0.455 e. The van der Waals surface area contributed by atoms with Crippen LogP contribution in [0.1, 0.15) is 6.85 Å². The zero-order valence-electron chi connectivity index (χ0n) is 30.2. The largest absolute Gasteiger partial charge is 0.455 e. The van der Waals surface area contributed by atoms with Crippen molar-refractivity contribution in [2.24, 2.45) is 0 Å². The smallest absolute Gasteiger partial charge is 0.143 e. The first-order valence-corrected chi connectivity index (χ1v) is 15.8. The SMILES string of the molecule is [2H]c1c([2H])c([2H])c2c(c1[2H])c(-c1c3ccccc3c(-c3ccccc3-c3ccccc3)c3ccccc13)c([2H])c1c3cc4ccccc4cc3oc21. The van der Waals surface area contributed by atoms with Crippen LogP contribution in [-0.2, 0) is 0 Å². The van der Waals surface area contributed by atoms with E-state index in [0.717, 1.165) is 65.5 Å². The fourth-order valence-electron chi connectivity index (χ4n) is 7.39. The van der Waals surface area contributed by atoms with E-state index in [9.17, 15) is 4.11 Å². The molecule has 1 aromatic heterocycles. The number of hydrogen-bond donors (Lipinski definition) is 0. The molecule has 10 rings (SSSR count). The molecule has 0 saturated carbocycles. The number of fused-ring (bicyclic) bond motifs is 8. The number of benzene rings is 9. The summed E-state index contributed by atoms with van der Waals surface area (Å²) < 4.78 is 52.7. The molecule has 0 N–H and O–H groups in total. The second-order valence-electron chi connectivity index (χ2n) is 12.0. The zero-order valence-corrected chi connectivity index (χ0v) is 25.2. The van der Waals surface area contributed by atoms with Gasteiger partial charge in [-0.3, -0.25) is 0 Å². The topological polar surface area (TPSA) is 13.1 Å². The van der Waals surface area contributed by atoms with Crippen molar-refractivity contribution in [2.45, 2.75) is 0 Å². The van der Waals surface area contributed by atoms with Crippen molar-refractivity contribution in [1.82, 2.24) is 0 Å². The molecule has 1 heterocycles. The van der Waals surface area contributed by atoms with Gasteiger partial charge in [0.1, 0.15) is 11.2 Å². The molecule has 0 saturated heterocycles. The van der Waals surface area contributed by atoms with Crippen LogP contribution in [-0.4, -0.2) is 0 Å². The molecule has 0 aliphatic rings. The molecule has 10 aromatic rings. The van der Waals surface area contributed by atoms with Gasteiger partial charge in [0.25, 0.3) is 0 Å². The predicted octanol–water partition coefficient (Wildman–Crippen LogP) is 13.2. The van der Waals surface area contributed by atoms with E-state index < -0.39 is 0 Å². The van der Waals surface area contributed by atoms with Gasteiger partial charge in [-0.05, 0) is 89.3 Å². The second kappa shape index (κ2) is 10.2. The predicted molar refractivity (Wildman–Crippen MR) is 200 cm³/mol. The van der Waals surface area contributed by atoms with Crippen LogP contribution < -0.4 is 0 Å². The van der Waals surface area contributed by atoms with E-state index in [0.29, 0.717) is 22.1 Å². The third-order valence-electron chi connectivity index (χ3n) is 9.43. The van der Waals surface area contributed by atoms with E-state index >= 15 is 0 Å². The molecule has 0 amide bonds. The van der Waals surface area contributed by atoms with Gasteiger partial charge in [0.05, 0.1) is 6.85 Å². The lowest BCUT2D eigenvalue weighted by Gasteiger charge is -2.20. The minimum atomic E-state index is -0.346. The van der Waals surface area contributed by atoms with Crippen molar-refractivity contribution in [3.63, 3.8) is 0 Å². The maximum atomic E-state index is 10.1. The Morgan fingerprint density at radius 1 is 0.404 bits per heavy atom. The Labute approximate surface area is 279 Å². The van der Waals surface area contributed by atoms with E-state index in [1.54, 1.807) is 0 Å². The van der Waals surface area contributed by atoms with Crippen LogP contribution >= 0.6 is 0 Å². The molecule has 47 heavy (non-hydrogen) atoms. The van der Waals surface area contributed by atoms with E-state index in [2.05, 4.69) is 60.7 Å². The molecule has 218 valence electrons. The molecular weight excluding hydrogens is 569 g/mol. The minimum absolute atomic E-state index is 0.161.